The number of hydrogen-bond acceptors (Lipinski definition) is 4. The Morgan fingerprint density at radius 2 is 2.10 bits per heavy atom. The molecule has 112 valence electrons. The van der Waals surface area contributed by atoms with E-state index in [1.54, 1.807) is 13.2 Å². The van der Waals surface area contributed by atoms with E-state index in [4.69, 9.17) is 0 Å². The van der Waals surface area contributed by atoms with Crippen LogP contribution in [0.1, 0.15) is 6.42 Å². The first kappa shape index (κ1) is 14.8. The van der Waals surface area contributed by atoms with Crippen molar-refractivity contribution in [3.63, 3.8) is 0 Å². The van der Waals surface area contributed by atoms with Gasteiger partial charge >= 0.3 is 6.03 Å². The SMILES string of the molecule is CN(CCCNC(=O)Nc1cn(C)nn1)c1ccccc1. The standard InChI is InChI=1S/C14H20N6O/c1-19(12-7-4-3-5-8-12)10-6-9-15-14(21)16-13-11-20(2)18-17-13/h3-5,7-8,11H,6,9-10H2,1-2H3,(H2,15,16,21). The van der Waals surface area contributed by atoms with Crippen LogP contribution in [-0.4, -0.2) is 41.2 Å². The van der Waals surface area contributed by atoms with Gasteiger partial charge in [-0.05, 0) is 18.6 Å². The van der Waals surface area contributed by atoms with E-state index in [-0.39, 0.29) is 6.03 Å². The Morgan fingerprint density at radius 3 is 2.76 bits per heavy atom. The molecule has 0 fully saturated rings. The number of carbonyl (C=O) groups is 1. The molecule has 2 amide bonds. The van der Waals surface area contributed by atoms with Crippen molar-refractivity contribution in [2.75, 3.05) is 30.4 Å². The fraction of sp³-hybridized carbons (Fsp3) is 0.357. The Bertz CT molecular complexity index is 568. The summed E-state index contributed by atoms with van der Waals surface area (Å²) in [4.78, 5) is 13.8. The Balaban J connectivity index is 1.64. The second-order valence-corrected chi connectivity index (χ2v) is 4.77. The summed E-state index contributed by atoms with van der Waals surface area (Å²) in [5.74, 6) is 0.441. The summed E-state index contributed by atoms with van der Waals surface area (Å²) in [6.45, 7) is 1.47. The van der Waals surface area contributed by atoms with Crippen LogP contribution in [0.15, 0.2) is 36.5 Å². The van der Waals surface area contributed by atoms with Crippen molar-refractivity contribution in [1.82, 2.24) is 20.3 Å². The van der Waals surface area contributed by atoms with E-state index in [2.05, 4.69) is 38.0 Å². The van der Waals surface area contributed by atoms with Crippen LogP contribution in [-0.2, 0) is 7.05 Å². The second kappa shape index (κ2) is 7.28. The minimum atomic E-state index is -0.266. The highest BCUT2D eigenvalue weighted by Crippen LogP contribution is 2.10. The van der Waals surface area contributed by atoms with Crippen molar-refractivity contribution in [3.05, 3.63) is 36.5 Å². The first-order valence-electron chi connectivity index (χ1n) is 6.82. The maximum Gasteiger partial charge on any atom is 0.320 e. The smallest absolute Gasteiger partial charge is 0.320 e. The molecule has 0 atom stereocenters. The molecular formula is C14H20N6O. The molecule has 7 heteroatoms. The molecule has 0 unspecified atom stereocenters. The number of hydrogen-bond donors (Lipinski definition) is 2. The van der Waals surface area contributed by atoms with Crippen molar-refractivity contribution < 1.29 is 4.79 Å². The summed E-state index contributed by atoms with van der Waals surface area (Å²) in [5.41, 5.74) is 1.17. The lowest BCUT2D eigenvalue weighted by molar-refractivity contribution is 0.252. The molecule has 0 radical (unpaired) electrons. The summed E-state index contributed by atoms with van der Waals surface area (Å²) >= 11 is 0. The van der Waals surface area contributed by atoms with Gasteiger partial charge in [0.25, 0.3) is 0 Å². The van der Waals surface area contributed by atoms with Gasteiger partial charge in [-0.1, -0.05) is 23.4 Å². The van der Waals surface area contributed by atoms with Crippen LogP contribution in [0.2, 0.25) is 0 Å². The lowest BCUT2D eigenvalue weighted by Crippen LogP contribution is -2.31. The number of nitrogens with zero attached hydrogens (tertiary/aromatic N) is 4. The molecular weight excluding hydrogens is 268 g/mol. The van der Waals surface area contributed by atoms with Gasteiger partial charge in [0.15, 0.2) is 5.82 Å². The van der Waals surface area contributed by atoms with Crippen LogP contribution in [0.4, 0.5) is 16.3 Å². The molecule has 0 bridgehead atoms. The lowest BCUT2D eigenvalue weighted by atomic mass is 10.3. The average molecular weight is 288 g/mol. The van der Waals surface area contributed by atoms with Gasteiger partial charge in [-0.15, -0.1) is 5.10 Å². The number of amides is 2. The molecule has 0 aliphatic rings. The number of urea groups is 1. The van der Waals surface area contributed by atoms with E-state index in [0.717, 1.165) is 13.0 Å². The minimum Gasteiger partial charge on any atom is -0.375 e. The van der Waals surface area contributed by atoms with Crippen LogP contribution in [0.5, 0.6) is 0 Å². The highest BCUT2D eigenvalue weighted by Gasteiger charge is 2.04. The van der Waals surface area contributed by atoms with E-state index in [9.17, 15) is 4.79 Å². The molecule has 7 nitrogen and oxygen atoms in total. The van der Waals surface area contributed by atoms with E-state index in [1.807, 2.05) is 25.2 Å². The van der Waals surface area contributed by atoms with E-state index >= 15 is 0 Å². The van der Waals surface area contributed by atoms with E-state index in [1.165, 1.54) is 10.4 Å². The van der Waals surface area contributed by atoms with Gasteiger partial charge in [-0.3, -0.25) is 10.00 Å². The monoisotopic (exact) mass is 288 g/mol. The normalized spacial score (nSPS) is 10.2. The molecule has 2 aromatic rings. The molecule has 0 saturated carbocycles. The fourth-order valence-electron chi connectivity index (χ4n) is 1.89. The number of carbonyl (C=O) groups excluding carboxylic acids is 1. The van der Waals surface area contributed by atoms with Crippen LogP contribution in [0.3, 0.4) is 0 Å². The molecule has 21 heavy (non-hydrogen) atoms. The predicted molar refractivity (Wildman–Crippen MR) is 82.4 cm³/mol. The number of rotatable bonds is 6. The van der Waals surface area contributed by atoms with E-state index < -0.39 is 0 Å². The molecule has 2 rings (SSSR count). The molecule has 1 aromatic heterocycles. The van der Waals surface area contributed by atoms with Crippen LogP contribution in [0, 0.1) is 0 Å². The van der Waals surface area contributed by atoms with Gasteiger partial charge < -0.3 is 10.2 Å². The predicted octanol–water partition coefficient (Wildman–Crippen LogP) is 1.46. The van der Waals surface area contributed by atoms with Gasteiger partial charge in [0.05, 0.1) is 6.20 Å². The third kappa shape index (κ3) is 4.79. The maximum absolute atomic E-state index is 11.6. The minimum absolute atomic E-state index is 0.266. The Hall–Kier alpha value is -2.57. The number of aryl methyl sites for hydroxylation is 1. The third-order valence-electron chi connectivity index (χ3n) is 3.00. The molecule has 1 heterocycles. The van der Waals surface area contributed by atoms with Crippen LogP contribution in [0.25, 0.3) is 0 Å². The summed E-state index contributed by atoms with van der Waals surface area (Å²) < 4.78 is 1.53. The van der Waals surface area contributed by atoms with Crippen molar-refractivity contribution in [2.45, 2.75) is 6.42 Å². The quantitative estimate of drug-likeness (QED) is 0.789. The zero-order valence-electron chi connectivity index (χ0n) is 12.3. The maximum atomic E-state index is 11.6. The average Bonchev–Trinajstić information content (AvgIpc) is 2.89. The summed E-state index contributed by atoms with van der Waals surface area (Å²) in [6, 6.07) is 9.88. The molecule has 2 N–H and O–H groups in total. The zero-order valence-corrected chi connectivity index (χ0v) is 12.3. The summed E-state index contributed by atoms with van der Waals surface area (Å²) in [6.07, 6.45) is 2.50. The number of anilines is 2. The number of benzene rings is 1. The topological polar surface area (TPSA) is 75.1 Å². The van der Waals surface area contributed by atoms with Gasteiger partial charge in [0.2, 0.25) is 0 Å². The Morgan fingerprint density at radius 1 is 1.33 bits per heavy atom. The highest BCUT2D eigenvalue weighted by atomic mass is 16.2. The Labute approximate surface area is 123 Å². The Kier molecular flexibility index (Phi) is 5.14. The van der Waals surface area contributed by atoms with Crippen molar-refractivity contribution in [2.24, 2.45) is 7.05 Å². The highest BCUT2D eigenvalue weighted by molar-refractivity contribution is 5.87. The number of aromatic nitrogens is 3. The van der Waals surface area contributed by atoms with Crippen molar-refractivity contribution in [3.8, 4) is 0 Å². The number of nitrogens with one attached hydrogen (secondary N) is 2. The van der Waals surface area contributed by atoms with Gasteiger partial charge in [0.1, 0.15) is 0 Å². The summed E-state index contributed by atoms with van der Waals surface area (Å²) in [5, 5.41) is 12.9. The van der Waals surface area contributed by atoms with E-state index in [0.29, 0.717) is 12.4 Å². The fourth-order valence-corrected chi connectivity index (χ4v) is 1.89. The molecule has 0 aliphatic heterocycles. The molecule has 1 aromatic carbocycles. The lowest BCUT2D eigenvalue weighted by Gasteiger charge is -2.19. The second-order valence-electron chi connectivity index (χ2n) is 4.77. The van der Waals surface area contributed by atoms with Gasteiger partial charge in [-0.25, -0.2) is 4.79 Å². The van der Waals surface area contributed by atoms with Crippen molar-refractivity contribution in [1.29, 1.82) is 0 Å². The molecule has 0 aliphatic carbocycles. The van der Waals surface area contributed by atoms with Crippen LogP contribution < -0.4 is 15.5 Å². The molecule has 0 spiro atoms. The van der Waals surface area contributed by atoms with Gasteiger partial charge in [0, 0.05) is 32.9 Å². The zero-order chi connectivity index (χ0) is 15.1. The van der Waals surface area contributed by atoms with Gasteiger partial charge in [-0.2, -0.15) is 0 Å². The third-order valence-corrected chi connectivity index (χ3v) is 3.00. The number of para-hydroxylation sites is 1. The largest absolute Gasteiger partial charge is 0.375 e. The van der Waals surface area contributed by atoms with Crippen molar-refractivity contribution >= 4 is 17.5 Å². The van der Waals surface area contributed by atoms with Crippen LogP contribution >= 0.6 is 0 Å². The molecule has 0 saturated heterocycles. The first-order valence-corrected chi connectivity index (χ1v) is 6.82. The first-order chi connectivity index (χ1) is 10.1. The summed E-state index contributed by atoms with van der Waals surface area (Å²) in [7, 11) is 3.78.